The second-order valence-electron chi connectivity index (χ2n) is 6.01. The molecule has 1 amide bonds. The fourth-order valence-corrected chi connectivity index (χ4v) is 3.54. The molecule has 0 heterocycles. The van der Waals surface area contributed by atoms with Crippen LogP contribution >= 0.6 is 0 Å². The van der Waals surface area contributed by atoms with Gasteiger partial charge in [-0.05, 0) is 43.2 Å². The van der Waals surface area contributed by atoms with Gasteiger partial charge in [-0.25, -0.2) is 8.42 Å². The molecule has 6 heteroatoms. The number of carbonyl (C=O) groups is 1. The number of anilines is 1. The van der Waals surface area contributed by atoms with E-state index in [-0.39, 0.29) is 23.3 Å². The Morgan fingerprint density at radius 1 is 1.08 bits per heavy atom. The van der Waals surface area contributed by atoms with Crippen molar-refractivity contribution in [3.05, 3.63) is 60.2 Å². The monoisotopic (exact) mass is 360 g/mol. The Balaban J connectivity index is 2.10. The van der Waals surface area contributed by atoms with Crippen molar-refractivity contribution < 1.29 is 13.2 Å². The molecule has 2 aromatic carbocycles. The molecule has 2 rings (SSSR count). The molecule has 0 aliphatic heterocycles. The fraction of sp³-hybridized carbons (Fsp3) is 0.316. The van der Waals surface area contributed by atoms with Gasteiger partial charge in [0.2, 0.25) is 5.91 Å². The number of sulfonamides is 1. The normalized spacial score (nSPS) is 12.4. The number of amides is 1. The lowest BCUT2D eigenvalue weighted by Crippen LogP contribution is -2.33. The first-order valence-corrected chi connectivity index (χ1v) is 9.71. The average Bonchev–Trinajstić information content (AvgIpc) is 2.62. The molecule has 0 saturated carbocycles. The van der Waals surface area contributed by atoms with Crippen molar-refractivity contribution in [2.24, 2.45) is 0 Å². The largest absolute Gasteiger partial charge is 0.353 e. The van der Waals surface area contributed by atoms with E-state index in [0.29, 0.717) is 5.69 Å². The molecule has 0 saturated heterocycles. The van der Waals surface area contributed by atoms with E-state index in [4.69, 9.17) is 0 Å². The van der Waals surface area contributed by atoms with Crippen LogP contribution in [0.5, 0.6) is 0 Å². The molecule has 0 fully saturated rings. The van der Waals surface area contributed by atoms with E-state index >= 15 is 0 Å². The van der Waals surface area contributed by atoms with E-state index in [1.165, 1.54) is 11.4 Å². The van der Waals surface area contributed by atoms with Gasteiger partial charge < -0.3 is 5.32 Å². The minimum atomic E-state index is -3.59. The van der Waals surface area contributed by atoms with Crippen LogP contribution in [0.4, 0.5) is 5.69 Å². The summed E-state index contributed by atoms with van der Waals surface area (Å²) in [5.41, 5.74) is 1.39. The molecule has 1 atom stereocenters. The topological polar surface area (TPSA) is 66.5 Å². The Morgan fingerprint density at radius 2 is 1.68 bits per heavy atom. The zero-order valence-corrected chi connectivity index (χ0v) is 15.6. The van der Waals surface area contributed by atoms with Crippen molar-refractivity contribution in [1.29, 1.82) is 0 Å². The van der Waals surface area contributed by atoms with Crippen LogP contribution in [0.25, 0.3) is 0 Å². The highest BCUT2D eigenvalue weighted by Gasteiger charge is 2.20. The third-order valence-corrected chi connectivity index (χ3v) is 5.89. The quantitative estimate of drug-likeness (QED) is 0.825. The highest BCUT2D eigenvalue weighted by Crippen LogP contribution is 2.22. The predicted octanol–water partition coefficient (Wildman–Crippen LogP) is 2.97. The van der Waals surface area contributed by atoms with Crippen molar-refractivity contribution in [2.75, 3.05) is 11.4 Å². The lowest BCUT2D eigenvalue weighted by molar-refractivity contribution is -0.121. The number of rotatable bonds is 7. The van der Waals surface area contributed by atoms with Gasteiger partial charge in [-0.1, -0.05) is 37.3 Å². The number of hydrogen-bond donors (Lipinski definition) is 1. The van der Waals surface area contributed by atoms with Gasteiger partial charge in [0, 0.05) is 13.1 Å². The molecule has 0 aliphatic rings. The summed E-state index contributed by atoms with van der Waals surface area (Å²) in [6, 6.07) is 15.4. The smallest absolute Gasteiger partial charge is 0.264 e. The predicted molar refractivity (Wildman–Crippen MR) is 100 cm³/mol. The van der Waals surface area contributed by atoms with E-state index in [9.17, 15) is 13.2 Å². The molecular weight excluding hydrogens is 336 g/mol. The summed E-state index contributed by atoms with van der Waals surface area (Å²) in [5, 5.41) is 2.92. The lowest BCUT2D eigenvalue weighted by atomic mass is 10.1. The van der Waals surface area contributed by atoms with Crippen molar-refractivity contribution in [2.45, 2.75) is 37.6 Å². The van der Waals surface area contributed by atoms with Gasteiger partial charge in [-0.15, -0.1) is 0 Å². The number of nitrogens with zero attached hydrogens (tertiary/aromatic N) is 1. The summed E-state index contributed by atoms with van der Waals surface area (Å²) >= 11 is 0. The molecule has 1 N–H and O–H groups in total. The molecule has 0 aliphatic carbocycles. The highest BCUT2D eigenvalue weighted by molar-refractivity contribution is 7.92. The first-order valence-electron chi connectivity index (χ1n) is 8.27. The van der Waals surface area contributed by atoms with Crippen LogP contribution < -0.4 is 9.62 Å². The number of nitrogens with one attached hydrogen (secondary N) is 1. The van der Waals surface area contributed by atoms with Gasteiger partial charge >= 0.3 is 0 Å². The summed E-state index contributed by atoms with van der Waals surface area (Å²) in [7, 11) is -2.07. The van der Waals surface area contributed by atoms with Crippen molar-refractivity contribution >= 4 is 21.6 Å². The van der Waals surface area contributed by atoms with Crippen LogP contribution in [0.2, 0.25) is 0 Å². The fourth-order valence-electron chi connectivity index (χ4n) is 2.33. The Labute approximate surface area is 149 Å². The maximum absolute atomic E-state index is 12.6. The van der Waals surface area contributed by atoms with E-state index in [1.54, 1.807) is 54.6 Å². The van der Waals surface area contributed by atoms with Crippen LogP contribution in [0.15, 0.2) is 59.5 Å². The van der Waals surface area contributed by atoms with Crippen LogP contribution in [0, 0.1) is 0 Å². The third-order valence-electron chi connectivity index (χ3n) is 4.09. The summed E-state index contributed by atoms with van der Waals surface area (Å²) in [6.07, 6.45) is 1.16. The Kier molecular flexibility index (Phi) is 6.20. The molecule has 0 unspecified atom stereocenters. The third kappa shape index (κ3) is 4.82. The van der Waals surface area contributed by atoms with E-state index in [1.807, 2.05) is 13.8 Å². The lowest BCUT2D eigenvalue weighted by Gasteiger charge is -2.20. The van der Waals surface area contributed by atoms with E-state index in [2.05, 4.69) is 5.32 Å². The summed E-state index contributed by atoms with van der Waals surface area (Å²) in [5.74, 6) is -0.0349. The molecule has 5 nitrogen and oxygen atoms in total. The van der Waals surface area contributed by atoms with Crippen LogP contribution in [-0.2, 0) is 21.2 Å². The maximum atomic E-state index is 12.6. The highest BCUT2D eigenvalue weighted by atomic mass is 32.2. The Morgan fingerprint density at radius 3 is 2.24 bits per heavy atom. The second kappa shape index (κ2) is 8.16. The first kappa shape index (κ1) is 19.0. The minimum absolute atomic E-state index is 0.0349. The Hall–Kier alpha value is -2.34. The summed E-state index contributed by atoms with van der Waals surface area (Å²) in [4.78, 5) is 12.2. The molecule has 0 radical (unpaired) electrons. The average molecular weight is 360 g/mol. The number of benzene rings is 2. The number of hydrogen-bond acceptors (Lipinski definition) is 3. The van der Waals surface area contributed by atoms with Crippen molar-refractivity contribution in [3.63, 3.8) is 0 Å². The zero-order chi connectivity index (χ0) is 18.4. The van der Waals surface area contributed by atoms with Gasteiger partial charge in [0.05, 0.1) is 17.0 Å². The van der Waals surface area contributed by atoms with Crippen molar-refractivity contribution in [1.82, 2.24) is 5.32 Å². The maximum Gasteiger partial charge on any atom is 0.264 e. The SMILES string of the molecule is CC[C@H](C)NC(=O)Cc1ccc(N(C)S(=O)(=O)c2ccccc2)cc1. The first-order chi connectivity index (χ1) is 11.8. The molecule has 2 aromatic rings. The molecule has 25 heavy (non-hydrogen) atoms. The second-order valence-corrected chi connectivity index (χ2v) is 7.97. The standard InChI is InChI=1S/C19H24N2O3S/c1-4-15(2)20-19(22)14-16-10-12-17(13-11-16)21(3)25(23,24)18-8-6-5-7-9-18/h5-13,15H,4,14H2,1-3H3,(H,20,22)/t15-/m0/s1. The van der Waals surface area contributed by atoms with Crippen LogP contribution in [-0.4, -0.2) is 27.4 Å². The van der Waals surface area contributed by atoms with Gasteiger partial charge in [0.25, 0.3) is 10.0 Å². The molecule has 0 bridgehead atoms. The van der Waals surface area contributed by atoms with Crippen LogP contribution in [0.1, 0.15) is 25.8 Å². The van der Waals surface area contributed by atoms with Crippen molar-refractivity contribution in [3.8, 4) is 0 Å². The summed E-state index contributed by atoms with van der Waals surface area (Å²) in [6.45, 7) is 3.98. The summed E-state index contributed by atoms with van der Waals surface area (Å²) < 4.78 is 26.5. The van der Waals surface area contributed by atoms with E-state index in [0.717, 1.165) is 12.0 Å². The molecule has 134 valence electrons. The van der Waals surface area contributed by atoms with E-state index < -0.39 is 10.0 Å². The van der Waals surface area contributed by atoms with Gasteiger partial charge in [0.15, 0.2) is 0 Å². The minimum Gasteiger partial charge on any atom is -0.353 e. The molecule has 0 spiro atoms. The van der Waals surface area contributed by atoms with Crippen LogP contribution in [0.3, 0.4) is 0 Å². The van der Waals surface area contributed by atoms with Gasteiger partial charge in [-0.2, -0.15) is 0 Å². The Bertz CT molecular complexity index is 802. The van der Waals surface area contributed by atoms with Gasteiger partial charge in [0.1, 0.15) is 0 Å². The molecular formula is C19H24N2O3S. The molecule has 0 aromatic heterocycles. The van der Waals surface area contributed by atoms with Gasteiger partial charge in [-0.3, -0.25) is 9.10 Å². The zero-order valence-electron chi connectivity index (χ0n) is 14.8. The number of carbonyl (C=O) groups excluding carboxylic acids is 1.